The minimum absolute atomic E-state index is 0.00788. The standard InChI is InChI=1S/C25H41F4N7O/c26-17-3-7-24(5-1-2-6-24)13-18(33-14-17)21(22(30)31)23(37)34-19-15-32-8-4-20(19)36-11-9-35(10-12-36)16-25(27,28)29/h3,7,17,19-22,32H,1-2,4-6,8-16,30-31H2,(H,34,37)/b7-3-,33-18?. The molecule has 8 nitrogen and oxygen atoms in total. The van der Waals surface area contributed by atoms with Crippen LogP contribution in [0.15, 0.2) is 17.1 Å². The predicted molar refractivity (Wildman–Crippen MR) is 135 cm³/mol. The van der Waals surface area contributed by atoms with Crippen molar-refractivity contribution in [3.8, 4) is 0 Å². The molecule has 2 saturated heterocycles. The van der Waals surface area contributed by atoms with Crippen molar-refractivity contribution in [3.05, 3.63) is 12.2 Å². The Bertz CT molecular complexity index is 835. The van der Waals surface area contributed by atoms with Crippen molar-refractivity contribution in [1.82, 2.24) is 20.4 Å². The second kappa shape index (κ2) is 12.1. The number of amides is 1. The first-order valence-corrected chi connectivity index (χ1v) is 13.5. The number of nitrogens with one attached hydrogen (secondary N) is 2. The average molecular weight is 532 g/mol. The van der Waals surface area contributed by atoms with Crippen LogP contribution in [0.4, 0.5) is 17.6 Å². The molecule has 37 heavy (non-hydrogen) atoms. The number of allylic oxidation sites excluding steroid dienone is 1. The summed E-state index contributed by atoms with van der Waals surface area (Å²) in [7, 11) is 0. The zero-order valence-electron chi connectivity index (χ0n) is 21.4. The van der Waals surface area contributed by atoms with Crippen LogP contribution in [0.1, 0.15) is 38.5 Å². The smallest absolute Gasteiger partial charge is 0.350 e. The van der Waals surface area contributed by atoms with Crippen LogP contribution >= 0.6 is 0 Å². The number of hydrogen-bond acceptors (Lipinski definition) is 7. The van der Waals surface area contributed by atoms with E-state index in [0.717, 1.165) is 38.6 Å². The lowest BCUT2D eigenvalue weighted by Gasteiger charge is -2.45. The molecule has 0 aromatic carbocycles. The Hall–Kier alpha value is -1.60. The van der Waals surface area contributed by atoms with E-state index in [1.165, 1.54) is 4.90 Å². The third-order valence-corrected chi connectivity index (χ3v) is 8.34. The number of carbonyl (C=O) groups is 1. The van der Waals surface area contributed by atoms with Gasteiger partial charge in [0.15, 0.2) is 0 Å². The van der Waals surface area contributed by atoms with Crippen LogP contribution < -0.4 is 22.1 Å². The summed E-state index contributed by atoms with van der Waals surface area (Å²) in [6.45, 7) is 2.01. The fourth-order valence-corrected chi connectivity index (χ4v) is 6.44. The minimum atomic E-state index is -4.21. The van der Waals surface area contributed by atoms with Crippen LogP contribution in [0.2, 0.25) is 0 Å². The summed E-state index contributed by atoms with van der Waals surface area (Å²) in [6.07, 6.45) is 2.38. The number of carbonyl (C=O) groups excluding carboxylic acids is 1. The number of hydrogen-bond donors (Lipinski definition) is 4. The van der Waals surface area contributed by atoms with Gasteiger partial charge in [0.2, 0.25) is 5.91 Å². The number of rotatable bonds is 6. The number of piperidine rings is 1. The monoisotopic (exact) mass is 531 g/mol. The van der Waals surface area contributed by atoms with Crippen LogP contribution in [0.3, 0.4) is 0 Å². The molecule has 3 aliphatic heterocycles. The molecule has 210 valence electrons. The molecule has 12 heteroatoms. The topological polar surface area (TPSA) is 112 Å². The van der Waals surface area contributed by atoms with Gasteiger partial charge >= 0.3 is 6.18 Å². The van der Waals surface area contributed by atoms with E-state index in [1.54, 1.807) is 6.08 Å². The van der Waals surface area contributed by atoms with E-state index in [4.69, 9.17) is 11.5 Å². The second-order valence-electron chi connectivity index (χ2n) is 11.1. The third kappa shape index (κ3) is 7.50. The van der Waals surface area contributed by atoms with Crippen molar-refractivity contribution >= 4 is 11.6 Å². The van der Waals surface area contributed by atoms with Gasteiger partial charge in [0.05, 0.1) is 25.3 Å². The highest BCUT2D eigenvalue weighted by Crippen LogP contribution is 2.44. The van der Waals surface area contributed by atoms with Crippen LogP contribution in [0.5, 0.6) is 0 Å². The summed E-state index contributed by atoms with van der Waals surface area (Å²) in [5.74, 6) is -1.20. The van der Waals surface area contributed by atoms with E-state index in [-0.39, 0.29) is 30.0 Å². The van der Waals surface area contributed by atoms with Gasteiger partial charge in [-0.05, 0) is 37.6 Å². The Morgan fingerprint density at radius 1 is 1.22 bits per heavy atom. The van der Waals surface area contributed by atoms with Crippen LogP contribution in [0.25, 0.3) is 0 Å². The van der Waals surface area contributed by atoms with E-state index >= 15 is 0 Å². The van der Waals surface area contributed by atoms with Gasteiger partial charge < -0.3 is 22.1 Å². The maximum Gasteiger partial charge on any atom is 0.401 e. The molecule has 4 atom stereocenters. The quantitative estimate of drug-likeness (QED) is 0.233. The van der Waals surface area contributed by atoms with E-state index in [1.807, 2.05) is 6.08 Å². The van der Waals surface area contributed by atoms with Gasteiger partial charge in [0, 0.05) is 44.5 Å². The molecule has 0 aromatic rings. The van der Waals surface area contributed by atoms with Gasteiger partial charge in [0.25, 0.3) is 0 Å². The maximum absolute atomic E-state index is 14.4. The zero-order valence-corrected chi connectivity index (χ0v) is 21.4. The maximum atomic E-state index is 14.4. The minimum Gasteiger partial charge on any atom is -0.350 e. The molecule has 6 N–H and O–H groups in total. The van der Waals surface area contributed by atoms with Gasteiger partial charge in [-0.1, -0.05) is 25.0 Å². The molecular formula is C25H41F4N7O. The number of aliphatic imine (C=N–C) groups is 1. The highest BCUT2D eigenvalue weighted by molar-refractivity contribution is 6.05. The molecule has 1 aliphatic carbocycles. The summed E-state index contributed by atoms with van der Waals surface area (Å²) in [5, 5.41) is 6.44. The molecule has 0 bridgehead atoms. The molecular weight excluding hydrogens is 490 g/mol. The molecule has 4 rings (SSSR count). The Morgan fingerprint density at radius 2 is 1.92 bits per heavy atom. The van der Waals surface area contributed by atoms with Gasteiger partial charge in [-0.15, -0.1) is 0 Å². The first-order chi connectivity index (χ1) is 17.6. The lowest BCUT2D eigenvalue weighted by atomic mass is 9.76. The summed E-state index contributed by atoms with van der Waals surface area (Å²) in [4.78, 5) is 21.7. The van der Waals surface area contributed by atoms with E-state index < -0.39 is 31.0 Å². The first-order valence-electron chi connectivity index (χ1n) is 13.5. The lowest BCUT2D eigenvalue weighted by molar-refractivity contribution is -0.150. The zero-order chi connectivity index (χ0) is 26.6. The second-order valence-corrected chi connectivity index (χ2v) is 11.1. The largest absolute Gasteiger partial charge is 0.401 e. The van der Waals surface area contributed by atoms with Crippen molar-refractivity contribution in [1.29, 1.82) is 0 Å². The highest BCUT2D eigenvalue weighted by Gasteiger charge is 2.41. The molecule has 4 aliphatic rings. The number of piperazine rings is 1. The average Bonchev–Trinajstić information content (AvgIpc) is 3.29. The molecule has 1 spiro atoms. The van der Waals surface area contributed by atoms with Gasteiger partial charge in [-0.2, -0.15) is 13.2 Å². The van der Waals surface area contributed by atoms with Crippen LogP contribution in [-0.2, 0) is 4.79 Å². The molecule has 3 fully saturated rings. The van der Waals surface area contributed by atoms with Gasteiger partial charge in [0.1, 0.15) is 12.1 Å². The van der Waals surface area contributed by atoms with Crippen molar-refractivity contribution in [2.45, 2.75) is 69.1 Å². The molecule has 0 radical (unpaired) electrons. The van der Waals surface area contributed by atoms with Gasteiger partial charge in [-0.25, -0.2) is 4.39 Å². The molecule has 1 amide bonds. The van der Waals surface area contributed by atoms with E-state index in [0.29, 0.717) is 44.9 Å². The van der Waals surface area contributed by atoms with Gasteiger partial charge in [-0.3, -0.25) is 19.6 Å². The Labute approximate surface area is 216 Å². The number of halogens is 4. The van der Waals surface area contributed by atoms with Crippen molar-refractivity contribution < 1.29 is 22.4 Å². The van der Waals surface area contributed by atoms with Crippen molar-refractivity contribution in [2.24, 2.45) is 27.8 Å². The normalized spacial score (nSPS) is 31.5. The molecule has 3 heterocycles. The SMILES string of the molecule is NC(N)C(C(=O)NC1CNCCC1N1CCN(CC(F)(F)F)CC1)C1=NCC(F)/C=C\C2(CCCC2)C1. The fraction of sp³-hybridized carbons (Fsp3) is 0.840. The van der Waals surface area contributed by atoms with E-state index in [2.05, 4.69) is 20.5 Å². The van der Waals surface area contributed by atoms with E-state index in [9.17, 15) is 22.4 Å². The fourth-order valence-electron chi connectivity index (χ4n) is 6.44. The summed E-state index contributed by atoms with van der Waals surface area (Å²) < 4.78 is 52.8. The summed E-state index contributed by atoms with van der Waals surface area (Å²) >= 11 is 0. The van der Waals surface area contributed by atoms with Crippen molar-refractivity contribution in [3.63, 3.8) is 0 Å². The number of nitrogens with zero attached hydrogens (tertiary/aromatic N) is 3. The molecule has 4 unspecified atom stereocenters. The Kier molecular flexibility index (Phi) is 9.26. The summed E-state index contributed by atoms with van der Waals surface area (Å²) in [6, 6.07) is -0.258. The molecule has 0 aromatic heterocycles. The van der Waals surface area contributed by atoms with Crippen molar-refractivity contribution in [2.75, 3.05) is 52.4 Å². The summed E-state index contributed by atoms with van der Waals surface area (Å²) in [5.41, 5.74) is 12.6. The Balaban J connectivity index is 1.44. The first kappa shape index (κ1) is 28.4. The highest BCUT2D eigenvalue weighted by atomic mass is 19.4. The predicted octanol–water partition coefficient (Wildman–Crippen LogP) is 1.17. The number of nitrogens with two attached hydrogens (primary N) is 2. The Morgan fingerprint density at radius 3 is 2.57 bits per heavy atom. The van der Waals surface area contributed by atoms with Crippen LogP contribution in [0, 0.1) is 11.3 Å². The van der Waals surface area contributed by atoms with Crippen LogP contribution in [-0.4, -0.2) is 104 Å². The lowest BCUT2D eigenvalue weighted by Crippen LogP contribution is -2.64. The third-order valence-electron chi connectivity index (χ3n) is 8.34. The molecule has 1 saturated carbocycles. The number of alkyl halides is 4.